The van der Waals surface area contributed by atoms with Crippen molar-refractivity contribution in [2.24, 2.45) is 0 Å². The molecular formula is C11H9F2NO4. The van der Waals surface area contributed by atoms with Crippen LogP contribution in [0.25, 0.3) is 0 Å². The highest BCUT2D eigenvalue weighted by molar-refractivity contribution is 5.93. The van der Waals surface area contributed by atoms with Gasteiger partial charge in [0.15, 0.2) is 0 Å². The summed E-state index contributed by atoms with van der Waals surface area (Å²) in [5.74, 6) is -1.18. The molecule has 0 amide bonds. The predicted molar refractivity (Wildman–Crippen MR) is 55.7 cm³/mol. The summed E-state index contributed by atoms with van der Waals surface area (Å²) in [5, 5.41) is 8.90. The number of rotatable bonds is 4. The Kier molecular flexibility index (Phi) is 4.43. The van der Waals surface area contributed by atoms with Crippen LogP contribution in [0.5, 0.6) is 11.5 Å². The lowest BCUT2D eigenvalue weighted by Crippen LogP contribution is -2.09. The summed E-state index contributed by atoms with van der Waals surface area (Å²) < 4.78 is 37.8. The molecule has 0 bridgehead atoms. The van der Waals surface area contributed by atoms with Crippen LogP contribution in [0.3, 0.4) is 0 Å². The van der Waals surface area contributed by atoms with Gasteiger partial charge in [0.05, 0.1) is 19.8 Å². The Morgan fingerprint density at radius 1 is 1.39 bits per heavy atom. The first-order valence-electron chi connectivity index (χ1n) is 4.68. The maximum Gasteiger partial charge on any atom is 0.387 e. The molecule has 0 unspecified atom stereocenters. The van der Waals surface area contributed by atoms with Crippen molar-refractivity contribution >= 4 is 5.97 Å². The topological polar surface area (TPSA) is 68.6 Å². The van der Waals surface area contributed by atoms with E-state index in [-0.39, 0.29) is 16.9 Å². The van der Waals surface area contributed by atoms with E-state index in [2.05, 4.69) is 9.47 Å². The van der Waals surface area contributed by atoms with Gasteiger partial charge >= 0.3 is 12.6 Å². The molecule has 96 valence electrons. The van der Waals surface area contributed by atoms with Gasteiger partial charge in [-0.1, -0.05) is 0 Å². The van der Waals surface area contributed by atoms with E-state index < -0.39 is 18.3 Å². The zero-order chi connectivity index (χ0) is 13.7. The van der Waals surface area contributed by atoms with Gasteiger partial charge in [-0.15, -0.1) is 0 Å². The van der Waals surface area contributed by atoms with Crippen molar-refractivity contribution in [2.75, 3.05) is 14.2 Å². The van der Waals surface area contributed by atoms with Gasteiger partial charge in [-0.05, 0) is 6.07 Å². The van der Waals surface area contributed by atoms with E-state index >= 15 is 0 Å². The van der Waals surface area contributed by atoms with E-state index in [0.717, 1.165) is 13.2 Å². The summed E-state index contributed by atoms with van der Waals surface area (Å²) in [7, 11) is 2.39. The van der Waals surface area contributed by atoms with Crippen LogP contribution in [0.15, 0.2) is 12.1 Å². The fourth-order valence-electron chi connectivity index (χ4n) is 1.28. The van der Waals surface area contributed by atoms with Crippen LogP contribution in [0.2, 0.25) is 0 Å². The molecular weight excluding hydrogens is 248 g/mol. The molecule has 0 atom stereocenters. The first-order valence-corrected chi connectivity index (χ1v) is 4.68. The maximum absolute atomic E-state index is 12.2. The third-order valence-electron chi connectivity index (χ3n) is 2.04. The summed E-state index contributed by atoms with van der Waals surface area (Å²) >= 11 is 0. The third kappa shape index (κ3) is 2.85. The molecule has 0 spiro atoms. The molecule has 0 fully saturated rings. The van der Waals surface area contributed by atoms with E-state index in [1.165, 1.54) is 13.2 Å². The fourth-order valence-corrected chi connectivity index (χ4v) is 1.28. The van der Waals surface area contributed by atoms with Gasteiger partial charge in [0.25, 0.3) is 0 Å². The number of alkyl halides is 2. The molecule has 5 nitrogen and oxygen atoms in total. The normalized spacial score (nSPS) is 9.78. The Hall–Kier alpha value is -2.36. The number of carbonyl (C=O) groups excluding carboxylic acids is 1. The van der Waals surface area contributed by atoms with E-state index in [1.807, 2.05) is 0 Å². The Labute approximate surface area is 101 Å². The summed E-state index contributed by atoms with van der Waals surface area (Å²) in [4.78, 5) is 11.4. The molecule has 0 aliphatic carbocycles. The molecule has 0 aliphatic heterocycles. The van der Waals surface area contributed by atoms with Crippen molar-refractivity contribution in [1.29, 1.82) is 5.26 Å². The lowest BCUT2D eigenvalue weighted by molar-refractivity contribution is -0.0502. The van der Waals surface area contributed by atoms with Crippen LogP contribution in [-0.4, -0.2) is 26.8 Å². The van der Waals surface area contributed by atoms with Gasteiger partial charge in [-0.2, -0.15) is 14.0 Å². The van der Waals surface area contributed by atoms with Crippen LogP contribution < -0.4 is 9.47 Å². The van der Waals surface area contributed by atoms with Crippen molar-refractivity contribution in [3.8, 4) is 17.6 Å². The minimum Gasteiger partial charge on any atom is -0.497 e. The molecule has 1 rings (SSSR count). The summed E-state index contributed by atoms with van der Waals surface area (Å²) in [5.41, 5.74) is -0.530. The van der Waals surface area contributed by atoms with Crippen molar-refractivity contribution in [3.05, 3.63) is 23.3 Å². The van der Waals surface area contributed by atoms with Gasteiger partial charge in [0, 0.05) is 6.07 Å². The molecule has 0 N–H and O–H groups in total. The molecule has 0 radical (unpaired) electrons. The van der Waals surface area contributed by atoms with Gasteiger partial charge in [0.2, 0.25) is 0 Å². The van der Waals surface area contributed by atoms with Crippen LogP contribution in [0.4, 0.5) is 8.78 Å². The molecule has 0 aliphatic rings. The number of hydrogen-bond donors (Lipinski definition) is 0. The number of nitrogens with zero attached hydrogens (tertiary/aromatic N) is 1. The number of hydrogen-bond acceptors (Lipinski definition) is 5. The largest absolute Gasteiger partial charge is 0.497 e. The zero-order valence-electron chi connectivity index (χ0n) is 9.57. The summed E-state index contributed by atoms with van der Waals surface area (Å²) in [6.07, 6.45) is 0. The van der Waals surface area contributed by atoms with Crippen molar-refractivity contribution in [2.45, 2.75) is 6.61 Å². The molecule has 1 aromatic carbocycles. The Morgan fingerprint density at radius 3 is 2.50 bits per heavy atom. The number of benzene rings is 1. The first-order chi connectivity index (χ1) is 8.53. The fraction of sp³-hybridized carbons (Fsp3) is 0.273. The highest BCUT2D eigenvalue weighted by atomic mass is 19.3. The van der Waals surface area contributed by atoms with Crippen LogP contribution in [0, 0.1) is 11.3 Å². The molecule has 1 aromatic rings. The molecule has 0 saturated carbocycles. The second-order valence-corrected chi connectivity index (χ2v) is 3.03. The second kappa shape index (κ2) is 5.82. The summed E-state index contributed by atoms with van der Waals surface area (Å²) in [6.45, 7) is -3.12. The molecule has 0 saturated heterocycles. The van der Waals surface area contributed by atoms with E-state index in [4.69, 9.17) is 10.00 Å². The quantitative estimate of drug-likeness (QED) is 0.771. The number of methoxy groups -OCH3 is 2. The van der Waals surface area contributed by atoms with Crippen molar-refractivity contribution in [3.63, 3.8) is 0 Å². The molecule has 0 heterocycles. The zero-order valence-corrected chi connectivity index (χ0v) is 9.57. The summed E-state index contributed by atoms with van der Waals surface area (Å²) in [6, 6.07) is 3.93. The predicted octanol–water partition coefficient (Wildman–Crippen LogP) is 1.95. The minimum absolute atomic E-state index is 0.102. The number of ether oxygens (including phenoxy) is 3. The van der Waals surface area contributed by atoms with Crippen molar-refractivity contribution in [1.82, 2.24) is 0 Å². The van der Waals surface area contributed by atoms with E-state index in [0.29, 0.717) is 0 Å². The van der Waals surface area contributed by atoms with E-state index in [1.54, 1.807) is 6.07 Å². The first kappa shape index (κ1) is 13.7. The van der Waals surface area contributed by atoms with Crippen molar-refractivity contribution < 1.29 is 27.8 Å². The second-order valence-electron chi connectivity index (χ2n) is 3.03. The van der Waals surface area contributed by atoms with Crippen LogP contribution >= 0.6 is 0 Å². The number of esters is 1. The standard InChI is InChI=1S/C11H9F2NO4/c1-16-6-3-7(10(15)17-2)8(5-14)9(4-6)18-11(12)13/h3-4,11H,1-2H3. The van der Waals surface area contributed by atoms with E-state index in [9.17, 15) is 13.6 Å². The third-order valence-corrected chi connectivity index (χ3v) is 2.04. The Bertz CT molecular complexity index is 497. The average molecular weight is 257 g/mol. The average Bonchev–Trinajstić information content (AvgIpc) is 2.36. The molecule has 18 heavy (non-hydrogen) atoms. The molecule has 7 heteroatoms. The van der Waals surface area contributed by atoms with Crippen LogP contribution in [0.1, 0.15) is 15.9 Å². The van der Waals surface area contributed by atoms with Gasteiger partial charge < -0.3 is 14.2 Å². The Balaban J connectivity index is 3.40. The minimum atomic E-state index is -3.12. The Morgan fingerprint density at radius 2 is 2.06 bits per heavy atom. The number of nitriles is 1. The SMILES string of the molecule is COC(=O)c1cc(OC)cc(OC(F)F)c1C#N. The number of carbonyl (C=O) groups is 1. The monoisotopic (exact) mass is 257 g/mol. The lowest BCUT2D eigenvalue weighted by Gasteiger charge is -2.11. The highest BCUT2D eigenvalue weighted by Crippen LogP contribution is 2.30. The lowest BCUT2D eigenvalue weighted by atomic mass is 10.1. The highest BCUT2D eigenvalue weighted by Gasteiger charge is 2.20. The smallest absolute Gasteiger partial charge is 0.387 e. The van der Waals surface area contributed by atoms with Gasteiger partial charge in [0.1, 0.15) is 23.1 Å². The molecule has 0 aromatic heterocycles. The van der Waals surface area contributed by atoms with Crippen LogP contribution in [-0.2, 0) is 4.74 Å². The maximum atomic E-state index is 12.2. The van der Waals surface area contributed by atoms with Gasteiger partial charge in [-0.3, -0.25) is 0 Å². The van der Waals surface area contributed by atoms with Gasteiger partial charge in [-0.25, -0.2) is 4.79 Å². The number of halogens is 2.